The van der Waals surface area contributed by atoms with Gasteiger partial charge in [-0.1, -0.05) is 90.0 Å². The molecule has 0 saturated heterocycles. The summed E-state index contributed by atoms with van der Waals surface area (Å²) in [5.41, 5.74) is 2.70. The van der Waals surface area contributed by atoms with Gasteiger partial charge in [0.25, 0.3) is 0 Å². The Labute approximate surface area is 191 Å². The van der Waals surface area contributed by atoms with Gasteiger partial charge in [-0.2, -0.15) is 0 Å². The number of Topliss-reactive ketones (excluding diaryl/α,β-unsaturated/α-hetero) is 1. The molecule has 0 amide bonds. The first-order valence-electron chi connectivity index (χ1n) is 12.9. The van der Waals surface area contributed by atoms with E-state index in [0.717, 1.165) is 37.7 Å². The molecule has 0 aromatic rings. The van der Waals surface area contributed by atoms with Gasteiger partial charge in [0.1, 0.15) is 0 Å². The summed E-state index contributed by atoms with van der Waals surface area (Å²) in [6.45, 7) is 9.28. The number of carbonyl (C=O) groups excluding carboxylic acids is 2. The van der Waals surface area contributed by atoms with Crippen LogP contribution in [0.2, 0.25) is 0 Å². The van der Waals surface area contributed by atoms with E-state index in [2.05, 4.69) is 13.8 Å². The number of ether oxygens (including phenoxy) is 2. The molecule has 4 heteroatoms. The van der Waals surface area contributed by atoms with Gasteiger partial charge in [0.15, 0.2) is 5.78 Å². The van der Waals surface area contributed by atoms with E-state index in [4.69, 9.17) is 9.47 Å². The highest BCUT2D eigenvalue weighted by atomic mass is 16.7. The third-order valence-electron chi connectivity index (χ3n) is 6.72. The Kier molecular flexibility index (Phi) is 14.6. The SMILES string of the molecule is CCOC(=O)OCCCCCCCCCCCCCCCC1=C(C)C(=O)CCC1(C)C. The van der Waals surface area contributed by atoms with Crippen LogP contribution >= 0.6 is 0 Å². The van der Waals surface area contributed by atoms with Gasteiger partial charge in [0.05, 0.1) is 13.2 Å². The van der Waals surface area contributed by atoms with Crippen LogP contribution < -0.4 is 0 Å². The van der Waals surface area contributed by atoms with Crippen molar-refractivity contribution < 1.29 is 19.1 Å². The first kappa shape index (κ1) is 27.7. The molecule has 1 rings (SSSR count). The van der Waals surface area contributed by atoms with E-state index in [1.54, 1.807) is 6.92 Å². The summed E-state index contributed by atoms with van der Waals surface area (Å²) in [5, 5.41) is 0. The number of allylic oxidation sites excluding steroid dienone is 2. The van der Waals surface area contributed by atoms with Crippen LogP contribution in [0.25, 0.3) is 0 Å². The van der Waals surface area contributed by atoms with Gasteiger partial charge in [0.2, 0.25) is 0 Å². The van der Waals surface area contributed by atoms with Crippen LogP contribution in [0, 0.1) is 5.41 Å². The zero-order valence-electron chi connectivity index (χ0n) is 20.9. The highest BCUT2D eigenvalue weighted by Gasteiger charge is 2.31. The molecule has 0 spiro atoms. The molecule has 0 aromatic carbocycles. The minimum atomic E-state index is -0.542. The largest absolute Gasteiger partial charge is 0.508 e. The molecule has 1 aliphatic carbocycles. The maximum atomic E-state index is 12.0. The molecular weight excluding hydrogens is 388 g/mol. The Morgan fingerprint density at radius 3 is 1.81 bits per heavy atom. The van der Waals surface area contributed by atoms with E-state index in [1.807, 2.05) is 6.92 Å². The second-order valence-electron chi connectivity index (χ2n) is 9.79. The van der Waals surface area contributed by atoms with E-state index >= 15 is 0 Å². The fourth-order valence-corrected chi connectivity index (χ4v) is 4.63. The molecule has 31 heavy (non-hydrogen) atoms. The Hall–Kier alpha value is -1.32. The average Bonchev–Trinajstić information content (AvgIpc) is 2.73. The zero-order valence-corrected chi connectivity index (χ0v) is 20.9. The summed E-state index contributed by atoms with van der Waals surface area (Å²) in [6, 6.07) is 0. The fraction of sp³-hybridized carbons (Fsp3) is 0.852. The Morgan fingerprint density at radius 2 is 1.29 bits per heavy atom. The van der Waals surface area contributed by atoms with Crippen LogP contribution in [-0.2, 0) is 14.3 Å². The number of unbranched alkanes of at least 4 members (excludes halogenated alkanes) is 12. The van der Waals surface area contributed by atoms with Gasteiger partial charge in [-0.25, -0.2) is 4.79 Å². The standard InChI is InChI=1S/C27H48O4/c1-5-30-26(29)31-22-18-16-14-12-10-8-6-7-9-11-13-15-17-19-24-23(2)25(28)20-21-27(24,3)4/h5-22H2,1-4H3. The van der Waals surface area contributed by atoms with E-state index in [1.165, 1.54) is 76.2 Å². The van der Waals surface area contributed by atoms with Crippen molar-refractivity contribution in [2.24, 2.45) is 5.41 Å². The van der Waals surface area contributed by atoms with Gasteiger partial charge < -0.3 is 9.47 Å². The predicted molar refractivity (Wildman–Crippen MR) is 128 cm³/mol. The van der Waals surface area contributed by atoms with Crippen molar-refractivity contribution in [1.82, 2.24) is 0 Å². The lowest BCUT2D eigenvalue weighted by molar-refractivity contribution is -0.116. The van der Waals surface area contributed by atoms with Crippen molar-refractivity contribution in [2.45, 2.75) is 130 Å². The minimum absolute atomic E-state index is 0.217. The second-order valence-corrected chi connectivity index (χ2v) is 9.79. The summed E-state index contributed by atoms with van der Waals surface area (Å²) in [6.07, 6.45) is 18.8. The summed E-state index contributed by atoms with van der Waals surface area (Å²) < 4.78 is 9.69. The molecule has 180 valence electrons. The van der Waals surface area contributed by atoms with E-state index < -0.39 is 6.16 Å². The first-order chi connectivity index (χ1) is 14.9. The van der Waals surface area contributed by atoms with Crippen LogP contribution in [-0.4, -0.2) is 25.2 Å². The molecule has 0 bridgehead atoms. The smallest absolute Gasteiger partial charge is 0.435 e. The number of hydrogen-bond acceptors (Lipinski definition) is 4. The monoisotopic (exact) mass is 436 g/mol. The number of ketones is 1. The maximum absolute atomic E-state index is 12.0. The maximum Gasteiger partial charge on any atom is 0.508 e. The van der Waals surface area contributed by atoms with Crippen molar-refractivity contribution in [3.05, 3.63) is 11.1 Å². The van der Waals surface area contributed by atoms with Crippen LogP contribution in [0.4, 0.5) is 4.79 Å². The summed E-state index contributed by atoms with van der Waals surface area (Å²) in [5.74, 6) is 0.373. The lowest BCUT2D eigenvalue weighted by Crippen LogP contribution is -2.25. The summed E-state index contributed by atoms with van der Waals surface area (Å²) in [4.78, 5) is 23.0. The van der Waals surface area contributed by atoms with Crippen LogP contribution in [0.1, 0.15) is 130 Å². The van der Waals surface area contributed by atoms with Gasteiger partial charge in [0, 0.05) is 6.42 Å². The molecule has 0 N–H and O–H groups in total. The summed E-state index contributed by atoms with van der Waals surface area (Å²) in [7, 11) is 0. The van der Waals surface area contributed by atoms with Crippen molar-refractivity contribution in [3.63, 3.8) is 0 Å². The summed E-state index contributed by atoms with van der Waals surface area (Å²) >= 11 is 0. The van der Waals surface area contributed by atoms with Gasteiger partial charge in [-0.15, -0.1) is 0 Å². The van der Waals surface area contributed by atoms with Crippen molar-refractivity contribution in [3.8, 4) is 0 Å². The third kappa shape index (κ3) is 12.3. The highest BCUT2D eigenvalue weighted by Crippen LogP contribution is 2.41. The van der Waals surface area contributed by atoms with Gasteiger partial charge in [-0.05, 0) is 50.5 Å². The number of carbonyl (C=O) groups is 2. The third-order valence-corrected chi connectivity index (χ3v) is 6.72. The first-order valence-corrected chi connectivity index (χ1v) is 12.9. The van der Waals surface area contributed by atoms with Crippen molar-refractivity contribution in [2.75, 3.05) is 13.2 Å². The molecule has 0 aliphatic heterocycles. The molecule has 0 unspecified atom stereocenters. The van der Waals surface area contributed by atoms with Crippen LogP contribution in [0.3, 0.4) is 0 Å². The van der Waals surface area contributed by atoms with Crippen LogP contribution in [0.5, 0.6) is 0 Å². The minimum Gasteiger partial charge on any atom is -0.435 e. The highest BCUT2D eigenvalue weighted by molar-refractivity contribution is 5.96. The molecular formula is C27H48O4. The number of hydrogen-bond donors (Lipinski definition) is 0. The number of rotatable bonds is 17. The van der Waals surface area contributed by atoms with Crippen LogP contribution in [0.15, 0.2) is 11.1 Å². The van der Waals surface area contributed by atoms with E-state index in [9.17, 15) is 9.59 Å². The Bertz CT molecular complexity index is 547. The van der Waals surface area contributed by atoms with E-state index in [-0.39, 0.29) is 5.41 Å². The fourth-order valence-electron chi connectivity index (χ4n) is 4.63. The lowest BCUT2D eigenvalue weighted by atomic mass is 9.70. The van der Waals surface area contributed by atoms with E-state index in [0.29, 0.717) is 19.0 Å². The van der Waals surface area contributed by atoms with Crippen molar-refractivity contribution >= 4 is 11.9 Å². The Balaban J connectivity index is 1.87. The average molecular weight is 437 g/mol. The van der Waals surface area contributed by atoms with Gasteiger partial charge in [-0.3, -0.25) is 4.79 Å². The molecule has 0 heterocycles. The molecule has 0 saturated carbocycles. The predicted octanol–water partition coefficient (Wildman–Crippen LogP) is 8.33. The molecule has 4 nitrogen and oxygen atoms in total. The second kappa shape index (κ2) is 16.3. The quantitative estimate of drug-likeness (QED) is 0.170. The molecule has 0 atom stereocenters. The Morgan fingerprint density at radius 1 is 0.806 bits per heavy atom. The topological polar surface area (TPSA) is 52.6 Å². The van der Waals surface area contributed by atoms with Gasteiger partial charge >= 0.3 is 6.16 Å². The zero-order chi connectivity index (χ0) is 23.0. The molecule has 1 aliphatic rings. The molecule has 0 aromatic heterocycles. The van der Waals surface area contributed by atoms with Crippen molar-refractivity contribution in [1.29, 1.82) is 0 Å². The molecule has 0 fully saturated rings. The normalized spacial score (nSPS) is 15.9. The molecule has 0 radical (unpaired) electrons. The lowest BCUT2D eigenvalue weighted by Gasteiger charge is -2.34.